The minimum absolute atomic E-state index is 0.229. The topological polar surface area (TPSA) is 74.1 Å². The number of aromatic nitrogens is 4. The molecular formula is C18H16ClN5O2. The smallest absolute Gasteiger partial charge is 0.248 e. The standard InChI is InChI=1S/C18H16ClN5O2/c1-25-13-7-8-14(17(9-13)26-2)16-10-15(11-3-5-12(19)6-4-11)20-18-21-22-23-24(16)18/h3-10,16H,1-2H3,(H,20,21,23)/t16-/m1/s1. The highest BCUT2D eigenvalue weighted by Crippen LogP contribution is 2.37. The molecule has 2 heterocycles. The van der Waals surface area contributed by atoms with Gasteiger partial charge in [0.15, 0.2) is 0 Å². The Labute approximate surface area is 155 Å². The second kappa shape index (κ2) is 6.68. The fraction of sp³-hybridized carbons (Fsp3) is 0.167. The van der Waals surface area contributed by atoms with Crippen LogP contribution in [0.3, 0.4) is 0 Å². The molecule has 1 N–H and O–H groups in total. The van der Waals surface area contributed by atoms with Crippen LogP contribution in [0, 0.1) is 0 Å². The quantitative estimate of drug-likeness (QED) is 0.759. The number of rotatable bonds is 4. The molecule has 26 heavy (non-hydrogen) atoms. The summed E-state index contributed by atoms with van der Waals surface area (Å²) >= 11 is 6.00. The number of nitrogens with zero attached hydrogens (tertiary/aromatic N) is 4. The third-order valence-electron chi connectivity index (χ3n) is 4.24. The Morgan fingerprint density at radius 3 is 2.62 bits per heavy atom. The van der Waals surface area contributed by atoms with Crippen LogP contribution in [0.5, 0.6) is 11.5 Å². The van der Waals surface area contributed by atoms with Crippen molar-refractivity contribution in [2.45, 2.75) is 6.04 Å². The van der Waals surface area contributed by atoms with E-state index in [0.717, 1.165) is 22.6 Å². The van der Waals surface area contributed by atoms with Gasteiger partial charge in [-0.2, -0.15) is 4.68 Å². The van der Waals surface area contributed by atoms with Gasteiger partial charge in [-0.1, -0.05) is 28.8 Å². The number of hydrogen-bond donors (Lipinski definition) is 1. The van der Waals surface area contributed by atoms with E-state index in [9.17, 15) is 0 Å². The summed E-state index contributed by atoms with van der Waals surface area (Å²) < 4.78 is 12.6. The third-order valence-corrected chi connectivity index (χ3v) is 4.49. The Bertz CT molecular complexity index is 968. The summed E-state index contributed by atoms with van der Waals surface area (Å²) in [7, 11) is 3.25. The molecule has 1 atom stereocenters. The predicted molar refractivity (Wildman–Crippen MR) is 98.6 cm³/mol. The van der Waals surface area contributed by atoms with Gasteiger partial charge in [-0.15, -0.1) is 0 Å². The molecule has 0 saturated carbocycles. The molecule has 3 aromatic rings. The monoisotopic (exact) mass is 369 g/mol. The van der Waals surface area contributed by atoms with Gasteiger partial charge in [-0.05, 0) is 46.3 Å². The first-order valence-electron chi connectivity index (χ1n) is 7.94. The van der Waals surface area contributed by atoms with Gasteiger partial charge in [0, 0.05) is 22.3 Å². The van der Waals surface area contributed by atoms with Crippen molar-refractivity contribution in [2.24, 2.45) is 0 Å². The van der Waals surface area contributed by atoms with E-state index in [4.69, 9.17) is 21.1 Å². The van der Waals surface area contributed by atoms with E-state index in [1.54, 1.807) is 18.9 Å². The zero-order chi connectivity index (χ0) is 18.1. The van der Waals surface area contributed by atoms with Crippen molar-refractivity contribution in [2.75, 3.05) is 19.5 Å². The van der Waals surface area contributed by atoms with Crippen LogP contribution in [0.15, 0.2) is 48.5 Å². The van der Waals surface area contributed by atoms with Gasteiger partial charge < -0.3 is 14.8 Å². The zero-order valence-electron chi connectivity index (χ0n) is 14.2. The van der Waals surface area contributed by atoms with Crippen molar-refractivity contribution in [3.05, 3.63) is 64.7 Å². The summed E-state index contributed by atoms with van der Waals surface area (Å²) in [5.74, 6) is 1.98. The molecule has 0 fully saturated rings. The van der Waals surface area contributed by atoms with E-state index in [-0.39, 0.29) is 6.04 Å². The predicted octanol–water partition coefficient (Wildman–Crippen LogP) is 3.40. The summed E-state index contributed by atoms with van der Waals surface area (Å²) in [5.41, 5.74) is 2.81. The summed E-state index contributed by atoms with van der Waals surface area (Å²) in [5, 5.41) is 15.9. The Morgan fingerprint density at radius 2 is 1.88 bits per heavy atom. The van der Waals surface area contributed by atoms with Crippen molar-refractivity contribution in [1.29, 1.82) is 0 Å². The van der Waals surface area contributed by atoms with Crippen LogP contribution in [0.25, 0.3) is 5.70 Å². The lowest BCUT2D eigenvalue weighted by Crippen LogP contribution is -2.20. The molecule has 1 aliphatic rings. The molecule has 1 aliphatic heterocycles. The van der Waals surface area contributed by atoms with Crippen LogP contribution in [0.1, 0.15) is 17.2 Å². The van der Waals surface area contributed by atoms with E-state index in [2.05, 4.69) is 26.9 Å². The fourth-order valence-electron chi connectivity index (χ4n) is 2.94. The summed E-state index contributed by atoms with van der Waals surface area (Å²) in [6, 6.07) is 13.0. The number of fused-ring (bicyclic) bond motifs is 1. The molecule has 8 heteroatoms. The maximum Gasteiger partial charge on any atom is 0.248 e. The van der Waals surface area contributed by atoms with Crippen LogP contribution >= 0.6 is 11.6 Å². The van der Waals surface area contributed by atoms with Gasteiger partial charge >= 0.3 is 0 Å². The van der Waals surface area contributed by atoms with Gasteiger partial charge in [0.1, 0.15) is 17.5 Å². The number of hydrogen-bond acceptors (Lipinski definition) is 6. The number of ether oxygens (including phenoxy) is 2. The minimum Gasteiger partial charge on any atom is -0.497 e. The number of halogens is 1. The van der Waals surface area contributed by atoms with Crippen LogP contribution < -0.4 is 14.8 Å². The van der Waals surface area contributed by atoms with Crippen molar-refractivity contribution >= 4 is 23.2 Å². The first kappa shape index (κ1) is 16.4. The third kappa shape index (κ3) is 2.86. The summed E-state index contributed by atoms with van der Waals surface area (Å²) in [6.07, 6.45) is 2.05. The van der Waals surface area contributed by atoms with E-state index < -0.39 is 0 Å². The summed E-state index contributed by atoms with van der Waals surface area (Å²) in [4.78, 5) is 0. The maximum absolute atomic E-state index is 6.00. The normalized spacial score (nSPS) is 15.7. The van der Waals surface area contributed by atoms with E-state index in [1.165, 1.54) is 0 Å². The molecule has 132 valence electrons. The number of benzene rings is 2. The number of anilines is 1. The lowest BCUT2D eigenvalue weighted by Gasteiger charge is -2.25. The largest absolute Gasteiger partial charge is 0.497 e. The number of allylic oxidation sites excluding steroid dienone is 1. The molecule has 0 bridgehead atoms. The minimum atomic E-state index is -0.229. The highest BCUT2D eigenvalue weighted by molar-refractivity contribution is 6.30. The Morgan fingerprint density at radius 1 is 1.08 bits per heavy atom. The van der Waals surface area contributed by atoms with Crippen LogP contribution in [-0.2, 0) is 0 Å². The zero-order valence-corrected chi connectivity index (χ0v) is 14.9. The average molecular weight is 370 g/mol. The van der Waals surface area contributed by atoms with Gasteiger partial charge in [-0.25, -0.2) is 0 Å². The second-order valence-corrected chi connectivity index (χ2v) is 6.15. The summed E-state index contributed by atoms with van der Waals surface area (Å²) in [6.45, 7) is 0. The highest BCUT2D eigenvalue weighted by atomic mass is 35.5. The van der Waals surface area contributed by atoms with Gasteiger partial charge in [0.05, 0.1) is 14.2 Å². The average Bonchev–Trinajstić information content (AvgIpc) is 3.16. The van der Waals surface area contributed by atoms with Crippen molar-refractivity contribution in [3.8, 4) is 11.5 Å². The van der Waals surface area contributed by atoms with Crippen LogP contribution in [-0.4, -0.2) is 34.4 Å². The second-order valence-electron chi connectivity index (χ2n) is 5.71. The lowest BCUT2D eigenvalue weighted by molar-refractivity contribution is 0.387. The van der Waals surface area contributed by atoms with E-state index in [1.807, 2.05) is 42.5 Å². The molecule has 0 spiro atoms. The molecule has 0 aliphatic carbocycles. The first-order valence-corrected chi connectivity index (χ1v) is 8.32. The highest BCUT2D eigenvalue weighted by Gasteiger charge is 2.26. The Balaban J connectivity index is 1.82. The van der Waals surface area contributed by atoms with Crippen LogP contribution in [0.4, 0.5) is 5.95 Å². The first-order chi connectivity index (χ1) is 12.7. The lowest BCUT2D eigenvalue weighted by atomic mass is 10.0. The van der Waals surface area contributed by atoms with Gasteiger partial charge in [-0.3, -0.25) is 0 Å². The van der Waals surface area contributed by atoms with Crippen molar-refractivity contribution in [1.82, 2.24) is 20.2 Å². The number of tetrazole rings is 1. The molecule has 1 aromatic heterocycles. The van der Waals surface area contributed by atoms with Crippen molar-refractivity contribution < 1.29 is 9.47 Å². The van der Waals surface area contributed by atoms with E-state index in [0.29, 0.717) is 16.7 Å². The molecule has 0 amide bonds. The van der Waals surface area contributed by atoms with Gasteiger partial charge in [0.2, 0.25) is 5.95 Å². The molecule has 4 rings (SSSR count). The van der Waals surface area contributed by atoms with Crippen LogP contribution in [0.2, 0.25) is 5.02 Å². The number of nitrogens with one attached hydrogen (secondary N) is 1. The van der Waals surface area contributed by atoms with Gasteiger partial charge in [0.25, 0.3) is 0 Å². The van der Waals surface area contributed by atoms with E-state index >= 15 is 0 Å². The molecule has 7 nitrogen and oxygen atoms in total. The van der Waals surface area contributed by atoms with Crippen molar-refractivity contribution in [3.63, 3.8) is 0 Å². The Kier molecular flexibility index (Phi) is 4.22. The number of methoxy groups -OCH3 is 2. The molecule has 0 radical (unpaired) electrons. The molecular weight excluding hydrogens is 354 g/mol. The maximum atomic E-state index is 6.00. The molecule has 2 aromatic carbocycles. The fourth-order valence-corrected chi connectivity index (χ4v) is 3.06. The SMILES string of the molecule is COc1ccc([C@H]2C=C(c3ccc(Cl)cc3)Nc3nnnn32)c(OC)c1. The Hall–Kier alpha value is -3.06. The molecule has 0 saturated heterocycles. The molecule has 0 unspecified atom stereocenters.